The molecule has 1 aromatic heterocycles. The number of anilines is 2. The predicted molar refractivity (Wildman–Crippen MR) is 119 cm³/mol. The van der Waals surface area contributed by atoms with Crippen LogP contribution < -0.4 is 5.32 Å². The average molecular weight is 473 g/mol. The summed E-state index contributed by atoms with van der Waals surface area (Å²) in [6.45, 7) is 3.60. The lowest BCUT2D eigenvalue weighted by Gasteiger charge is -2.30. The SMILES string of the molecule is Cc1nc2c(c(Nc3ccc(S(C)(=O)=O)cc3F)n1)CCN(CC(=O)N1CCC[C@H]1C#N)C2. The summed E-state index contributed by atoms with van der Waals surface area (Å²) in [7, 11) is -3.51. The van der Waals surface area contributed by atoms with Crippen molar-refractivity contribution in [2.24, 2.45) is 0 Å². The smallest absolute Gasteiger partial charge is 0.237 e. The van der Waals surface area contributed by atoms with Gasteiger partial charge in [0.1, 0.15) is 23.5 Å². The van der Waals surface area contributed by atoms with Crippen molar-refractivity contribution in [2.45, 2.75) is 43.7 Å². The zero-order valence-corrected chi connectivity index (χ0v) is 19.3. The van der Waals surface area contributed by atoms with Crippen LogP contribution in [0.4, 0.5) is 15.9 Å². The molecule has 1 aromatic carbocycles. The van der Waals surface area contributed by atoms with Gasteiger partial charge in [-0.1, -0.05) is 0 Å². The molecule has 1 saturated heterocycles. The molecule has 3 heterocycles. The summed E-state index contributed by atoms with van der Waals surface area (Å²) in [5.41, 5.74) is 1.72. The first-order chi connectivity index (χ1) is 15.7. The van der Waals surface area contributed by atoms with Crippen LogP contribution in [0.1, 0.15) is 29.9 Å². The number of aromatic nitrogens is 2. The third-order valence-electron chi connectivity index (χ3n) is 5.96. The number of rotatable bonds is 5. The normalized spacial score (nSPS) is 18.6. The van der Waals surface area contributed by atoms with Crippen LogP contribution in [0.15, 0.2) is 23.1 Å². The molecule has 1 amide bonds. The zero-order valence-electron chi connectivity index (χ0n) is 18.5. The van der Waals surface area contributed by atoms with Crippen LogP contribution in [-0.2, 0) is 27.6 Å². The summed E-state index contributed by atoms with van der Waals surface area (Å²) in [6, 6.07) is 5.56. The van der Waals surface area contributed by atoms with Gasteiger partial charge in [0.15, 0.2) is 9.84 Å². The van der Waals surface area contributed by atoms with Crippen LogP contribution in [0.3, 0.4) is 0 Å². The highest BCUT2D eigenvalue weighted by Gasteiger charge is 2.31. The first-order valence-corrected chi connectivity index (χ1v) is 12.6. The number of aryl methyl sites for hydroxylation is 1. The van der Waals surface area contributed by atoms with E-state index in [1.165, 1.54) is 12.1 Å². The summed E-state index contributed by atoms with van der Waals surface area (Å²) >= 11 is 0. The van der Waals surface area contributed by atoms with E-state index in [-0.39, 0.29) is 29.1 Å². The van der Waals surface area contributed by atoms with Crippen molar-refractivity contribution in [3.05, 3.63) is 41.1 Å². The topological polar surface area (TPSA) is 119 Å². The maximum absolute atomic E-state index is 14.6. The third kappa shape index (κ3) is 4.96. The number of hydrogen-bond acceptors (Lipinski definition) is 8. The Balaban J connectivity index is 1.51. The Kier molecular flexibility index (Phi) is 6.32. The van der Waals surface area contributed by atoms with Gasteiger partial charge in [-0.3, -0.25) is 9.69 Å². The second-order valence-electron chi connectivity index (χ2n) is 8.42. The number of sulfone groups is 1. The number of nitrogens with zero attached hydrogens (tertiary/aromatic N) is 5. The summed E-state index contributed by atoms with van der Waals surface area (Å²) in [5, 5.41) is 12.2. The molecule has 1 atom stereocenters. The molecule has 2 aliphatic heterocycles. The lowest BCUT2D eigenvalue weighted by atomic mass is 10.0. The maximum Gasteiger partial charge on any atom is 0.237 e. The molecule has 2 aliphatic rings. The van der Waals surface area contributed by atoms with Crippen molar-refractivity contribution >= 4 is 27.2 Å². The number of carbonyl (C=O) groups excluding carboxylic acids is 1. The van der Waals surface area contributed by atoms with Gasteiger partial charge in [0.25, 0.3) is 0 Å². The summed E-state index contributed by atoms with van der Waals surface area (Å²) in [5.74, 6) is 0.226. The molecule has 33 heavy (non-hydrogen) atoms. The summed E-state index contributed by atoms with van der Waals surface area (Å²) in [6.07, 6.45) is 3.15. The van der Waals surface area contributed by atoms with Crippen molar-refractivity contribution in [3.63, 3.8) is 0 Å². The van der Waals surface area contributed by atoms with Crippen LogP contribution in [0.25, 0.3) is 0 Å². The fraction of sp³-hybridized carbons (Fsp3) is 0.455. The highest BCUT2D eigenvalue weighted by atomic mass is 32.2. The highest BCUT2D eigenvalue weighted by molar-refractivity contribution is 7.90. The van der Waals surface area contributed by atoms with E-state index in [0.29, 0.717) is 44.1 Å². The van der Waals surface area contributed by atoms with E-state index in [1.54, 1.807) is 11.8 Å². The van der Waals surface area contributed by atoms with E-state index >= 15 is 0 Å². The number of fused-ring (bicyclic) bond motifs is 1. The Bertz CT molecular complexity index is 1240. The fourth-order valence-electron chi connectivity index (χ4n) is 4.28. The van der Waals surface area contributed by atoms with Gasteiger partial charge < -0.3 is 10.2 Å². The molecule has 11 heteroatoms. The minimum absolute atomic E-state index is 0.0559. The predicted octanol–water partition coefficient (Wildman–Crippen LogP) is 1.94. The molecule has 9 nitrogen and oxygen atoms in total. The van der Waals surface area contributed by atoms with E-state index in [1.807, 2.05) is 4.90 Å². The van der Waals surface area contributed by atoms with Crippen molar-refractivity contribution in [1.82, 2.24) is 19.8 Å². The Hall–Kier alpha value is -3.10. The van der Waals surface area contributed by atoms with Gasteiger partial charge in [-0.15, -0.1) is 0 Å². The van der Waals surface area contributed by atoms with Crippen molar-refractivity contribution < 1.29 is 17.6 Å². The van der Waals surface area contributed by atoms with Crippen LogP contribution >= 0.6 is 0 Å². The Morgan fingerprint density at radius 1 is 1.33 bits per heavy atom. The van der Waals surface area contributed by atoms with Crippen LogP contribution in [0.5, 0.6) is 0 Å². The second kappa shape index (κ2) is 9.03. The van der Waals surface area contributed by atoms with Gasteiger partial charge in [-0.05, 0) is 44.4 Å². The largest absolute Gasteiger partial charge is 0.337 e. The average Bonchev–Trinajstić information content (AvgIpc) is 3.23. The quantitative estimate of drug-likeness (QED) is 0.701. The highest BCUT2D eigenvalue weighted by Crippen LogP contribution is 2.28. The molecule has 1 N–H and O–H groups in total. The first-order valence-electron chi connectivity index (χ1n) is 10.7. The van der Waals surface area contributed by atoms with Gasteiger partial charge in [-0.2, -0.15) is 5.26 Å². The number of nitrogens with one attached hydrogen (secondary N) is 1. The number of halogens is 1. The lowest BCUT2D eigenvalue weighted by Crippen LogP contribution is -2.44. The second-order valence-corrected chi connectivity index (χ2v) is 10.4. The van der Waals surface area contributed by atoms with Crippen molar-refractivity contribution in [1.29, 1.82) is 5.26 Å². The van der Waals surface area contributed by atoms with Gasteiger partial charge in [0, 0.05) is 31.5 Å². The molecule has 0 saturated carbocycles. The van der Waals surface area contributed by atoms with Gasteiger partial charge in [0.05, 0.1) is 28.9 Å². The van der Waals surface area contributed by atoms with E-state index in [4.69, 9.17) is 0 Å². The number of carbonyl (C=O) groups is 1. The standard InChI is InChI=1S/C22H25FN6O3S/c1-14-25-20-12-28(13-21(30)29-8-3-4-15(29)11-24)9-7-17(20)22(26-14)27-19-6-5-16(10-18(19)23)33(2,31)32/h5-6,10,15H,3-4,7-9,12-13H2,1-2H3,(H,25,26,27)/t15-/m0/s1. The Morgan fingerprint density at radius 3 is 2.82 bits per heavy atom. The van der Waals surface area contributed by atoms with E-state index < -0.39 is 15.7 Å². The molecular formula is C22H25FN6O3S. The zero-order chi connectivity index (χ0) is 23.8. The molecule has 0 aliphatic carbocycles. The van der Waals surface area contributed by atoms with Crippen molar-refractivity contribution in [3.8, 4) is 6.07 Å². The van der Waals surface area contributed by atoms with Gasteiger partial charge in [-0.25, -0.2) is 22.8 Å². The maximum atomic E-state index is 14.6. The number of nitriles is 1. The monoisotopic (exact) mass is 472 g/mol. The number of amides is 1. The molecule has 1 fully saturated rings. The first kappa shape index (κ1) is 23.1. The number of hydrogen-bond donors (Lipinski definition) is 1. The van der Waals surface area contributed by atoms with Gasteiger partial charge in [0.2, 0.25) is 5.91 Å². The number of likely N-dealkylation sites (tertiary alicyclic amines) is 1. The summed E-state index contributed by atoms with van der Waals surface area (Å²) in [4.78, 5) is 25.2. The van der Waals surface area contributed by atoms with E-state index in [2.05, 4.69) is 21.4 Å². The molecule has 0 radical (unpaired) electrons. The molecule has 174 valence electrons. The fourth-order valence-corrected chi connectivity index (χ4v) is 4.92. The molecule has 2 aromatic rings. The van der Waals surface area contributed by atoms with Gasteiger partial charge >= 0.3 is 0 Å². The minimum atomic E-state index is -3.51. The molecule has 0 unspecified atom stereocenters. The van der Waals surface area contributed by atoms with E-state index in [0.717, 1.165) is 30.0 Å². The Morgan fingerprint density at radius 2 is 2.12 bits per heavy atom. The lowest BCUT2D eigenvalue weighted by molar-refractivity contribution is -0.132. The van der Waals surface area contributed by atoms with Crippen molar-refractivity contribution in [2.75, 3.05) is 31.2 Å². The summed E-state index contributed by atoms with van der Waals surface area (Å²) < 4.78 is 37.9. The van der Waals surface area contributed by atoms with Crippen LogP contribution in [0.2, 0.25) is 0 Å². The van der Waals surface area contributed by atoms with E-state index in [9.17, 15) is 22.9 Å². The third-order valence-corrected chi connectivity index (χ3v) is 7.07. The molecule has 0 spiro atoms. The Labute approximate surface area is 192 Å². The number of benzene rings is 1. The molecule has 0 bridgehead atoms. The van der Waals surface area contributed by atoms with Crippen LogP contribution in [-0.4, -0.2) is 66.0 Å². The molecule has 4 rings (SSSR count). The molecular weight excluding hydrogens is 447 g/mol. The minimum Gasteiger partial charge on any atom is -0.337 e. The van der Waals surface area contributed by atoms with Crippen LogP contribution in [0, 0.1) is 24.1 Å².